The summed E-state index contributed by atoms with van der Waals surface area (Å²) in [6.45, 7) is 12.3. The molecule has 21 heavy (non-hydrogen) atoms. The standard InChI is InChI=1S/C14H26N4O.2ClH/c1-3-18-14(13(2)11-16-18)12-15-5-4-6-17-7-9-19-10-8-17;;/h11,15H,3-10,12H2,1-2H3;2*1H. The summed E-state index contributed by atoms with van der Waals surface area (Å²) >= 11 is 0. The Morgan fingerprint density at radius 1 is 1.29 bits per heavy atom. The third-order valence-corrected chi connectivity index (χ3v) is 3.68. The van der Waals surface area contributed by atoms with E-state index < -0.39 is 0 Å². The Hall–Kier alpha value is -0.330. The topological polar surface area (TPSA) is 42.3 Å². The summed E-state index contributed by atoms with van der Waals surface area (Å²) in [5.74, 6) is 0. The van der Waals surface area contributed by atoms with Gasteiger partial charge in [-0.3, -0.25) is 9.58 Å². The zero-order valence-corrected chi connectivity index (χ0v) is 14.6. The van der Waals surface area contributed by atoms with Crippen LogP contribution in [0.2, 0.25) is 0 Å². The molecular formula is C14H28Cl2N4O. The molecule has 0 saturated carbocycles. The summed E-state index contributed by atoms with van der Waals surface area (Å²) in [5.41, 5.74) is 2.59. The monoisotopic (exact) mass is 338 g/mol. The van der Waals surface area contributed by atoms with Gasteiger partial charge in [-0.25, -0.2) is 0 Å². The van der Waals surface area contributed by atoms with Crippen LogP contribution in [-0.4, -0.2) is 54.1 Å². The third kappa shape index (κ3) is 6.53. The van der Waals surface area contributed by atoms with Crippen LogP contribution in [0.1, 0.15) is 24.6 Å². The number of hydrogen-bond donors (Lipinski definition) is 1. The summed E-state index contributed by atoms with van der Waals surface area (Å²) in [4.78, 5) is 2.48. The smallest absolute Gasteiger partial charge is 0.0594 e. The largest absolute Gasteiger partial charge is 0.379 e. The fourth-order valence-electron chi connectivity index (χ4n) is 2.47. The van der Waals surface area contributed by atoms with Crippen molar-refractivity contribution in [2.75, 3.05) is 39.4 Å². The van der Waals surface area contributed by atoms with Gasteiger partial charge in [-0.2, -0.15) is 5.10 Å². The Morgan fingerprint density at radius 3 is 2.67 bits per heavy atom. The van der Waals surface area contributed by atoms with Crippen molar-refractivity contribution in [2.45, 2.75) is 33.4 Å². The van der Waals surface area contributed by atoms with Crippen molar-refractivity contribution in [3.8, 4) is 0 Å². The van der Waals surface area contributed by atoms with Crippen LogP contribution in [0, 0.1) is 6.92 Å². The molecule has 5 nitrogen and oxygen atoms in total. The van der Waals surface area contributed by atoms with E-state index in [9.17, 15) is 0 Å². The minimum atomic E-state index is 0. The minimum absolute atomic E-state index is 0. The molecule has 0 bridgehead atoms. The SMILES string of the molecule is CCn1ncc(C)c1CNCCCN1CCOCC1.Cl.Cl. The summed E-state index contributed by atoms with van der Waals surface area (Å²) in [6.07, 6.45) is 3.15. The van der Waals surface area contributed by atoms with Crippen molar-refractivity contribution < 1.29 is 4.74 Å². The van der Waals surface area contributed by atoms with Crippen LogP contribution < -0.4 is 5.32 Å². The lowest BCUT2D eigenvalue weighted by Crippen LogP contribution is -2.37. The predicted octanol–water partition coefficient (Wildman–Crippen LogP) is 1.87. The molecule has 124 valence electrons. The van der Waals surface area contributed by atoms with Gasteiger partial charge in [-0.05, 0) is 38.9 Å². The van der Waals surface area contributed by atoms with E-state index in [0.29, 0.717) is 0 Å². The van der Waals surface area contributed by atoms with Crippen molar-refractivity contribution >= 4 is 24.8 Å². The normalized spacial score (nSPS) is 15.3. The maximum atomic E-state index is 5.35. The van der Waals surface area contributed by atoms with E-state index in [1.807, 2.05) is 6.20 Å². The summed E-state index contributed by atoms with van der Waals surface area (Å²) in [7, 11) is 0. The van der Waals surface area contributed by atoms with Gasteiger partial charge in [0.2, 0.25) is 0 Å². The molecule has 1 aromatic heterocycles. The lowest BCUT2D eigenvalue weighted by Gasteiger charge is -2.26. The molecule has 1 aliphatic rings. The molecule has 7 heteroatoms. The number of nitrogens with one attached hydrogen (secondary N) is 1. The molecule has 0 radical (unpaired) electrons. The Bertz CT molecular complexity index is 381. The second kappa shape index (κ2) is 11.3. The highest BCUT2D eigenvalue weighted by molar-refractivity contribution is 5.85. The van der Waals surface area contributed by atoms with Crippen LogP contribution >= 0.6 is 24.8 Å². The molecule has 1 aromatic rings. The molecule has 0 amide bonds. The number of ether oxygens (including phenoxy) is 1. The number of halogens is 2. The van der Waals surface area contributed by atoms with Gasteiger partial charge in [0.15, 0.2) is 0 Å². The zero-order valence-electron chi connectivity index (χ0n) is 13.0. The molecule has 1 N–H and O–H groups in total. The van der Waals surface area contributed by atoms with Gasteiger partial charge in [0.1, 0.15) is 0 Å². The molecule has 0 aliphatic carbocycles. The number of aromatic nitrogens is 2. The van der Waals surface area contributed by atoms with Gasteiger partial charge in [0, 0.05) is 26.2 Å². The molecule has 0 unspecified atom stereocenters. The lowest BCUT2D eigenvalue weighted by atomic mass is 10.2. The van der Waals surface area contributed by atoms with Crippen LogP contribution in [-0.2, 0) is 17.8 Å². The molecule has 1 fully saturated rings. The highest BCUT2D eigenvalue weighted by atomic mass is 35.5. The Balaban J connectivity index is 0.00000200. The van der Waals surface area contributed by atoms with Crippen molar-refractivity contribution in [3.63, 3.8) is 0 Å². The van der Waals surface area contributed by atoms with Gasteiger partial charge < -0.3 is 10.1 Å². The predicted molar refractivity (Wildman–Crippen MR) is 90.7 cm³/mol. The van der Waals surface area contributed by atoms with E-state index in [4.69, 9.17) is 4.74 Å². The first kappa shape index (κ1) is 20.7. The van der Waals surface area contributed by atoms with Crippen molar-refractivity contribution in [1.29, 1.82) is 0 Å². The van der Waals surface area contributed by atoms with Crippen molar-refractivity contribution in [1.82, 2.24) is 20.0 Å². The summed E-state index contributed by atoms with van der Waals surface area (Å²) in [5, 5.41) is 7.89. The van der Waals surface area contributed by atoms with Crippen LogP contribution in [0.15, 0.2) is 6.20 Å². The summed E-state index contributed by atoms with van der Waals surface area (Å²) < 4.78 is 7.42. The fraction of sp³-hybridized carbons (Fsp3) is 0.786. The first-order chi connectivity index (χ1) is 9.31. The highest BCUT2D eigenvalue weighted by Crippen LogP contribution is 2.06. The molecule has 1 aliphatic heterocycles. The zero-order chi connectivity index (χ0) is 13.5. The molecule has 2 heterocycles. The Labute approximate surface area is 140 Å². The molecule has 1 saturated heterocycles. The van der Waals surface area contributed by atoms with Crippen LogP contribution in [0.5, 0.6) is 0 Å². The van der Waals surface area contributed by atoms with Gasteiger partial charge in [0.05, 0.1) is 25.1 Å². The molecule has 0 aromatic carbocycles. The second-order valence-electron chi connectivity index (χ2n) is 5.07. The highest BCUT2D eigenvalue weighted by Gasteiger charge is 2.09. The molecule has 0 atom stereocenters. The second-order valence-corrected chi connectivity index (χ2v) is 5.07. The maximum Gasteiger partial charge on any atom is 0.0594 e. The number of hydrogen-bond acceptors (Lipinski definition) is 4. The summed E-state index contributed by atoms with van der Waals surface area (Å²) in [6, 6.07) is 0. The van der Waals surface area contributed by atoms with E-state index in [-0.39, 0.29) is 24.8 Å². The average Bonchev–Trinajstić information content (AvgIpc) is 2.80. The van der Waals surface area contributed by atoms with E-state index in [1.54, 1.807) is 0 Å². The van der Waals surface area contributed by atoms with Gasteiger partial charge in [-0.1, -0.05) is 0 Å². The Kier molecular flexibility index (Phi) is 11.1. The van der Waals surface area contributed by atoms with Crippen molar-refractivity contribution in [3.05, 3.63) is 17.5 Å². The van der Waals surface area contributed by atoms with E-state index in [0.717, 1.165) is 45.9 Å². The van der Waals surface area contributed by atoms with Crippen LogP contribution in [0.25, 0.3) is 0 Å². The van der Waals surface area contributed by atoms with Gasteiger partial charge in [0.25, 0.3) is 0 Å². The van der Waals surface area contributed by atoms with Crippen molar-refractivity contribution in [2.24, 2.45) is 0 Å². The number of aryl methyl sites for hydroxylation is 2. The minimum Gasteiger partial charge on any atom is -0.379 e. The van der Waals surface area contributed by atoms with E-state index >= 15 is 0 Å². The molecular weight excluding hydrogens is 311 g/mol. The van der Waals surface area contributed by atoms with E-state index in [1.165, 1.54) is 24.2 Å². The number of nitrogens with zero attached hydrogens (tertiary/aromatic N) is 3. The Morgan fingerprint density at radius 2 is 2.00 bits per heavy atom. The fourth-order valence-corrected chi connectivity index (χ4v) is 2.47. The third-order valence-electron chi connectivity index (χ3n) is 3.68. The number of rotatable bonds is 7. The van der Waals surface area contributed by atoms with Crippen LogP contribution in [0.4, 0.5) is 0 Å². The maximum absolute atomic E-state index is 5.35. The first-order valence-corrected chi connectivity index (χ1v) is 7.33. The molecule has 2 rings (SSSR count). The van der Waals surface area contributed by atoms with Gasteiger partial charge in [-0.15, -0.1) is 24.8 Å². The first-order valence-electron chi connectivity index (χ1n) is 7.33. The van der Waals surface area contributed by atoms with Crippen LogP contribution in [0.3, 0.4) is 0 Å². The number of morpholine rings is 1. The average molecular weight is 339 g/mol. The lowest BCUT2D eigenvalue weighted by molar-refractivity contribution is 0.0374. The van der Waals surface area contributed by atoms with Gasteiger partial charge >= 0.3 is 0 Å². The van der Waals surface area contributed by atoms with E-state index in [2.05, 4.69) is 33.8 Å². The quantitative estimate of drug-likeness (QED) is 0.770. The molecule has 0 spiro atoms.